The molecule has 0 aromatic heterocycles. The maximum absolute atomic E-state index is 13.0. The number of hydrogen-bond acceptors (Lipinski definition) is 10. The average Bonchev–Trinajstić information content (AvgIpc) is 3.25. The molecule has 0 radical (unpaired) electrons. The summed E-state index contributed by atoms with van der Waals surface area (Å²) in [6, 6.07) is -0.286. The van der Waals surface area contributed by atoms with Crippen molar-refractivity contribution in [3.05, 3.63) is 12.2 Å². The Morgan fingerprint density at radius 1 is 0.950 bits per heavy atom. The van der Waals surface area contributed by atoms with Crippen LogP contribution in [0.25, 0.3) is 0 Å². The second-order valence-corrected chi connectivity index (χ2v) is 14.2. The van der Waals surface area contributed by atoms with Crippen LogP contribution in [-0.2, 0) is 38.1 Å². The van der Waals surface area contributed by atoms with E-state index in [1.54, 1.807) is 13.8 Å². The van der Waals surface area contributed by atoms with Crippen molar-refractivity contribution in [2.45, 2.75) is 103 Å². The zero-order valence-corrected chi connectivity index (χ0v) is 24.0. The zero-order valence-electron chi connectivity index (χ0n) is 24.0. The van der Waals surface area contributed by atoms with Crippen LogP contribution in [0.4, 0.5) is 0 Å². The van der Waals surface area contributed by atoms with Crippen molar-refractivity contribution < 1.29 is 43.2 Å². The first-order valence-electron chi connectivity index (χ1n) is 14.5. The lowest BCUT2D eigenvalue weighted by Gasteiger charge is -2.68. The number of piperidine rings is 2. The van der Waals surface area contributed by atoms with Crippen LogP contribution < -0.4 is 0 Å². The summed E-state index contributed by atoms with van der Waals surface area (Å²) < 4.78 is 24.3. The summed E-state index contributed by atoms with van der Waals surface area (Å²) in [5, 5.41) is 13.0. The minimum Gasteiger partial charge on any atom is -0.461 e. The van der Waals surface area contributed by atoms with E-state index >= 15 is 0 Å². The second-order valence-electron chi connectivity index (χ2n) is 14.2. The number of carbonyl (C=O) groups excluding carboxylic acids is 4. The minimum atomic E-state index is -1.39. The zero-order chi connectivity index (χ0) is 28.9. The van der Waals surface area contributed by atoms with E-state index in [2.05, 4.69) is 18.4 Å². The van der Waals surface area contributed by atoms with Gasteiger partial charge in [0, 0.05) is 61.6 Å². The third-order valence-electron chi connectivity index (χ3n) is 12.1. The van der Waals surface area contributed by atoms with Gasteiger partial charge in [-0.25, -0.2) is 0 Å². The summed E-state index contributed by atoms with van der Waals surface area (Å²) >= 11 is 0. The van der Waals surface area contributed by atoms with Crippen LogP contribution in [0.15, 0.2) is 12.2 Å². The molecule has 218 valence electrons. The summed E-state index contributed by atoms with van der Waals surface area (Å²) in [5.41, 5.74) is -2.45. The van der Waals surface area contributed by atoms with E-state index in [0.717, 1.165) is 5.57 Å². The third kappa shape index (κ3) is 2.65. The number of carbonyl (C=O) groups is 4. The van der Waals surface area contributed by atoms with Crippen molar-refractivity contribution in [3.63, 3.8) is 0 Å². The van der Waals surface area contributed by atoms with Gasteiger partial charge in [0.25, 0.3) is 0 Å². The fourth-order valence-electron chi connectivity index (χ4n) is 11.9. The summed E-state index contributed by atoms with van der Waals surface area (Å²) in [6.45, 7) is 14.6. The lowest BCUT2D eigenvalue weighted by molar-refractivity contribution is -0.288. The Kier molecular flexibility index (Phi) is 5.07. The number of rotatable bonds is 5. The van der Waals surface area contributed by atoms with Crippen LogP contribution in [0.2, 0.25) is 0 Å². The van der Waals surface area contributed by atoms with E-state index in [1.807, 2.05) is 0 Å². The smallest absolute Gasteiger partial charge is 0.308 e. The molecular weight excluding hydrogens is 518 g/mol. The SMILES string of the molecule is C=C1C[C@@]23C[C@H]4[C@@H]5[C@]6(C)CN4[C@H]4[C@]5(C[C@@H](OC(=O)C(C)C)[C@H]6OC(C)=O)[C@@H]2[C@H](OC(C)=O)[C@@H]1[C@H](OC(C)=O)[C@]43O. The molecule has 2 spiro atoms. The highest BCUT2D eigenvalue weighted by atomic mass is 16.6. The van der Waals surface area contributed by atoms with Gasteiger partial charge in [0.15, 0.2) is 0 Å². The normalized spacial score (nSPS) is 53.5. The number of hydrogen-bond donors (Lipinski definition) is 1. The molecule has 3 heterocycles. The van der Waals surface area contributed by atoms with Gasteiger partial charge in [-0.2, -0.15) is 0 Å². The van der Waals surface area contributed by atoms with Gasteiger partial charge in [0.2, 0.25) is 0 Å². The fourth-order valence-corrected chi connectivity index (χ4v) is 11.9. The number of fused-ring (bicyclic) bond motifs is 1. The summed E-state index contributed by atoms with van der Waals surface area (Å²) in [4.78, 5) is 52.8. The Hall–Kier alpha value is -2.46. The summed E-state index contributed by atoms with van der Waals surface area (Å²) in [7, 11) is 0. The molecule has 9 aliphatic rings. The maximum Gasteiger partial charge on any atom is 0.308 e. The van der Waals surface area contributed by atoms with Crippen LogP contribution in [0, 0.1) is 39.9 Å². The van der Waals surface area contributed by atoms with Crippen LogP contribution >= 0.6 is 0 Å². The first kappa shape index (κ1) is 26.4. The predicted molar refractivity (Wildman–Crippen MR) is 137 cm³/mol. The summed E-state index contributed by atoms with van der Waals surface area (Å²) in [5.74, 6) is -2.94. The Labute approximate surface area is 233 Å². The van der Waals surface area contributed by atoms with E-state index in [4.69, 9.17) is 18.9 Å². The minimum absolute atomic E-state index is 0.00310. The van der Waals surface area contributed by atoms with E-state index < -0.39 is 70.1 Å². The van der Waals surface area contributed by atoms with Crippen molar-refractivity contribution in [2.75, 3.05) is 6.54 Å². The van der Waals surface area contributed by atoms with Crippen LogP contribution in [0.1, 0.15) is 60.8 Å². The van der Waals surface area contributed by atoms with Gasteiger partial charge >= 0.3 is 23.9 Å². The predicted octanol–water partition coefficient (Wildman–Crippen LogP) is 1.77. The molecule has 1 N–H and O–H groups in total. The molecule has 10 nitrogen and oxygen atoms in total. The van der Waals surface area contributed by atoms with E-state index in [1.165, 1.54) is 20.8 Å². The molecular formula is C30H39NO9. The molecule has 9 bridgehead atoms. The van der Waals surface area contributed by atoms with Gasteiger partial charge in [0.05, 0.1) is 11.8 Å². The largest absolute Gasteiger partial charge is 0.461 e. The van der Waals surface area contributed by atoms with Crippen molar-refractivity contribution in [3.8, 4) is 0 Å². The van der Waals surface area contributed by atoms with Crippen molar-refractivity contribution in [1.82, 2.24) is 4.90 Å². The van der Waals surface area contributed by atoms with Gasteiger partial charge in [0.1, 0.15) is 30.0 Å². The number of esters is 4. The molecule has 6 aliphatic carbocycles. The topological polar surface area (TPSA) is 129 Å². The Morgan fingerprint density at radius 2 is 1.57 bits per heavy atom. The molecule has 3 aliphatic heterocycles. The molecule has 0 aromatic rings. The van der Waals surface area contributed by atoms with Crippen molar-refractivity contribution in [2.24, 2.45) is 39.9 Å². The molecule has 1 unspecified atom stereocenters. The maximum atomic E-state index is 13.0. The standard InChI is InChI=1S/C30H39NO9/c1-12(2)25(35)40-18-10-29-21-17-9-28-8-13(3)19(20(22(28)29)37-14(4)32)24(39-16(6)34)30(28,36)26(29)31(17)11-27(21,7)23(18)38-15(5)33/h12,17-24,26,36H,3,8-11H2,1-2,4-7H3/t17-,18+,19+,20+,21+,22+,23+,24-,26-,27-,28+,29-,30-/m0/s1. The Morgan fingerprint density at radius 3 is 2.17 bits per heavy atom. The lowest BCUT2D eigenvalue weighted by Crippen LogP contribution is -2.77. The van der Waals surface area contributed by atoms with E-state index in [0.29, 0.717) is 25.8 Å². The third-order valence-corrected chi connectivity index (χ3v) is 12.1. The molecule has 9 rings (SSSR count). The van der Waals surface area contributed by atoms with Gasteiger partial charge < -0.3 is 24.1 Å². The van der Waals surface area contributed by atoms with E-state index in [9.17, 15) is 24.3 Å². The highest BCUT2D eigenvalue weighted by molar-refractivity contribution is 5.72. The number of aliphatic hydroxyl groups is 1. The van der Waals surface area contributed by atoms with Crippen molar-refractivity contribution in [1.29, 1.82) is 0 Å². The van der Waals surface area contributed by atoms with Crippen LogP contribution in [0.5, 0.6) is 0 Å². The molecule has 0 amide bonds. The van der Waals surface area contributed by atoms with Crippen LogP contribution in [-0.4, -0.2) is 82.5 Å². The van der Waals surface area contributed by atoms with Crippen LogP contribution in [0.3, 0.4) is 0 Å². The average molecular weight is 558 g/mol. The van der Waals surface area contributed by atoms with Gasteiger partial charge in [-0.1, -0.05) is 32.9 Å². The highest BCUT2D eigenvalue weighted by Gasteiger charge is 2.97. The fraction of sp³-hybridized carbons (Fsp3) is 0.800. The van der Waals surface area contributed by atoms with Crippen molar-refractivity contribution >= 4 is 23.9 Å². The number of nitrogens with zero attached hydrogens (tertiary/aromatic N) is 1. The van der Waals surface area contributed by atoms with E-state index in [-0.39, 0.29) is 35.8 Å². The first-order valence-corrected chi connectivity index (χ1v) is 14.5. The molecule has 0 aromatic carbocycles. The van der Waals surface area contributed by atoms with Gasteiger partial charge in [-0.05, 0) is 25.2 Å². The first-order chi connectivity index (χ1) is 18.6. The number of ether oxygens (including phenoxy) is 4. The lowest BCUT2D eigenvalue weighted by atomic mass is 9.38. The highest BCUT2D eigenvalue weighted by Crippen LogP contribution is 2.88. The monoisotopic (exact) mass is 557 g/mol. The molecule has 6 saturated carbocycles. The second kappa shape index (κ2) is 7.68. The van der Waals surface area contributed by atoms with Gasteiger partial charge in [-0.3, -0.25) is 24.1 Å². The molecule has 9 fully saturated rings. The van der Waals surface area contributed by atoms with Gasteiger partial charge in [-0.15, -0.1) is 0 Å². The summed E-state index contributed by atoms with van der Waals surface area (Å²) in [6.07, 6.45) is -1.38. The molecule has 10 heteroatoms. The Balaban J connectivity index is 1.45. The molecule has 40 heavy (non-hydrogen) atoms. The molecule has 14 atom stereocenters. The molecule has 3 saturated heterocycles. The quantitative estimate of drug-likeness (QED) is 0.303. The Bertz CT molecular complexity index is 1260.